The van der Waals surface area contributed by atoms with Gasteiger partial charge in [0.25, 0.3) is 0 Å². The molecule has 0 aromatic heterocycles. The number of hydrogen-bond acceptors (Lipinski definition) is 2. The molecule has 1 unspecified atom stereocenters. The van der Waals surface area contributed by atoms with E-state index in [2.05, 4.69) is 24.0 Å². The van der Waals surface area contributed by atoms with E-state index in [1.807, 2.05) is 23.9 Å². The van der Waals surface area contributed by atoms with Crippen molar-refractivity contribution < 1.29 is 0 Å². The normalized spacial score (nSPS) is 19.2. The van der Waals surface area contributed by atoms with Crippen LogP contribution in [0.15, 0.2) is 35.7 Å². The molecule has 3 heteroatoms. The molecule has 0 radical (unpaired) electrons. The first-order valence-electron chi connectivity index (χ1n) is 5.58. The third kappa shape index (κ3) is 2.82. The summed E-state index contributed by atoms with van der Waals surface area (Å²) in [5, 5.41) is 4.39. The summed E-state index contributed by atoms with van der Waals surface area (Å²) < 4.78 is 0. The van der Waals surface area contributed by atoms with E-state index >= 15 is 0 Å². The third-order valence-corrected chi connectivity index (χ3v) is 4.11. The molecule has 1 aliphatic rings. The molecule has 2 rings (SSSR count). The molecule has 1 nitrogen and oxygen atoms in total. The number of benzene rings is 1. The monoisotopic (exact) mass is 253 g/mol. The summed E-state index contributed by atoms with van der Waals surface area (Å²) in [5.41, 5.74) is 1.35. The second-order valence-corrected chi connectivity index (χ2v) is 5.48. The first-order valence-corrected chi connectivity index (χ1v) is 6.94. The van der Waals surface area contributed by atoms with E-state index in [1.54, 1.807) is 0 Å². The zero-order valence-electron chi connectivity index (χ0n) is 9.21. The molecule has 1 N–H and O–H groups in total. The van der Waals surface area contributed by atoms with Crippen molar-refractivity contribution >= 4 is 23.4 Å². The Kier molecular flexibility index (Phi) is 4.33. The molecular weight excluding hydrogens is 238 g/mol. The molecule has 0 bridgehead atoms. The van der Waals surface area contributed by atoms with Crippen LogP contribution >= 0.6 is 23.4 Å². The molecule has 1 aromatic carbocycles. The van der Waals surface area contributed by atoms with Crippen molar-refractivity contribution in [2.24, 2.45) is 0 Å². The lowest BCUT2D eigenvalue weighted by molar-refractivity contribution is 0.516. The smallest absolute Gasteiger partial charge is 0.0410 e. The summed E-state index contributed by atoms with van der Waals surface area (Å²) in [4.78, 5) is 1.37. The van der Waals surface area contributed by atoms with Gasteiger partial charge in [0.2, 0.25) is 0 Å². The average molecular weight is 254 g/mol. The maximum atomic E-state index is 6.05. The van der Waals surface area contributed by atoms with Crippen LogP contribution in [0, 0.1) is 0 Å². The first-order chi connectivity index (χ1) is 7.81. The van der Waals surface area contributed by atoms with Gasteiger partial charge in [-0.05, 0) is 48.9 Å². The fraction of sp³-hybridized carbons (Fsp3) is 0.385. The summed E-state index contributed by atoms with van der Waals surface area (Å²) in [7, 11) is 0. The standard InChI is InChI=1S/C13H16ClNS/c1-2-3-7-15-12-6-8-16-13-5-4-10(14)9-11(12)13/h2,4-5,9,12,15H,1,3,6-8H2. The summed E-state index contributed by atoms with van der Waals surface area (Å²) in [6.07, 6.45) is 4.14. The second-order valence-electron chi connectivity index (χ2n) is 3.90. The number of thioether (sulfide) groups is 1. The quantitative estimate of drug-likeness (QED) is 0.642. The Labute approximate surface area is 106 Å². The Hall–Kier alpha value is -0.440. The van der Waals surface area contributed by atoms with Crippen LogP contribution in [0.3, 0.4) is 0 Å². The molecule has 0 saturated carbocycles. The third-order valence-electron chi connectivity index (χ3n) is 2.75. The van der Waals surface area contributed by atoms with Crippen molar-refractivity contribution in [2.75, 3.05) is 12.3 Å². The van der Waals surface area contributed by atoms with Gasteiger partial charge in [0.05, 0.1) is 0 Å². The highest BCUT2D eigenvalue weighted by Gasteiger charge is 2.19. The highest BCUT2D eigenvalue weighted by molar-refractivity contribution is 7.99. The number of nitrogens with one attached hydrogen (secondary N) is 1. The van der Waals surface area contributed by atoms with Gasteiger partial charge in [-0.15, -0.1) is 18.3 Å². The summed E-state index contributed by atoms with van der Waals surface area (Å²) in [6.45, 7) is 4.73. The molecule has 0 spiro atoms. The Morgan fingerprint density at radius 1 is 1.56 bits per heavy atom. The van der Waals surface area contributed by atoms with Gasteiger partial charge in [-0.3, -0.25) is 0 Å². The molecular formula is C13H16ClNS. The van der Waals surface area contributed by atoms with Gasteiger partial charge in [0, 0.05) is 16.0 Å². The van der Waals surface area contributed by atoms with Crippen LogP contribution in [0.1, 0.15) is 24.4 Å². The zero-order chi connectivity index (χ0) is 11.4. The molecule has 16 heavy (non-hydrogen) atoms. The van der Waals surface area contributed by atoms with E-state index in [4.69, 9.17) is 11.6 Å². The minimum atomic E-state index is 0.454. The van der Waals surface area contributed by atoms with Crippen molar-refractivity contribution in [1.29, 1.82) is 0 Å². The van der Waals surface area contributed by atoms with E-state index in [-0.39, 0.29) is 0 Å². The van der Waals surface area contributed by atoms with Gasteiger partial charge in [0.1, 0.15) is 0 Å². The predicted octanol–water partition coefficient (Wildman–Crippen LogP) is 4.04. The van der Waals surface area contributed by atoms with Crippen LogP contribution in [0.25, 0.3) is 0 Å². The van der Waals surface area contributed by atoms with Crippen molar-refractivity contribution in [3.05, 3.63) is 41.4 Å². The molecule has 1 aromatic rings. The topological polar surface area (TPSA) is 12.0 Å². The van der Waals surface area contributed by atoms with Crippen LogP contribution in [0.5, 0.6) is 0 Å². The number of rotatable bonds is 4. The molecule has 1 atom stereocenters. The average Bonchev–Trinajstić information content (AvgIpc) is 2.30. The first kappa shape index (κ1) is 12.0. The molecule has 1 aliphatic heterocycles. The van der Waals surface area contributed by atoms with Crippen LogP contribution in [-0.4, -0.2) is 12.3 Å². The lowest BCUT2D eigenvalue weighted by atomic mass is 10.0. The largest absolute Gasteiger partial charge is 0.310 e. The van der Waals surface area contributed by atoms with Crippen LogP contribution in [0.4, 0.5) is 0 Å². The van der Waals surface area contributed by atoms with Crippen LogP contribution in [-0.2, 0) is 0 Å². The van der Waals surface area contributed by atoms with E-state index in [1.165, 1.54) is 22.6 Å². The lowest BCUT2D eigenvalue weighted by Crippen LogP contribution is -2.25. The lowest BCUT2D eigenvalue weighted by Gasteiger charge is -2.26. The predicted molar refractivity (Wildman–Crippen MR) is 72.4 cm³/mol. The van der Waals surface area contributed by atoms with Gasteiger partial charge in [-0.1, -0.05) is 17.7 Å². The highest BCUT2D eigenvalue weighted by Crippen LogP contribution is 2.37. The molecule has 0 saturated heterocycles. The van der Waals surface area contributed by atoms with Crippen LogP contribution in [0.2, 0.25) is 5.02 Å². The number of halogens is 1. The summed E-state index contributed by atoms with van der Waals surface area (Å²) in [6, 6.07) is 6.65. The van der Waals surface area contributed by atoms with Crippen molar-refractivity contribution in [1.82, 2.24) is 5.32 Å². The fourth-order valence-corrected chi connectivity index (χ4v) is 3.22. The Balaban J connectivity index is 2.12. The Morgan fingerprint density at radius 3 is 3.25 bits per heavy atom. The van der Waals surface area contributed by atoms with Gasteiger partial charge >= 0.3 is 0 Å². The van der Waals surface area contributed by atoms with Gasteiger partial charge in [-0.25, -0.2) is 0 Å². The van der Waals surface area contributed by atoms with Crippen molar-refractivity contribution in [3.63, 3.8) is 0 Å². The second kappa shape index (κ2) is 5.76. The molecule has 0 aliphatic carbocycles. The SMILES string of the molecule is C=CCCNC1CCSc2ccc(Cl)cc21. The Bertz CT molecular complexity index is 378. The van der Waals surface area contributed by atoms with E-state index in [9.17, 15) is 0 Å². The highest BCUT2D eigenvalue weighted by atomic mass is 35.5. The maximum absolute atomic E-state index is 6.05. The van der Waals surface area contributed by atoms with Gasteiger partial charge in [0.15, 0.2) is 0 Å². The van der Waals surface area contributed by atoms with Crippen molar-refractivity contribution in [3.8, 4) is 0 Å². The molecule has 0 fully saturated rings. The number of hydrogen-bond donors (Lipinski definition) is 1. The minimum Gasteiger partial charge on any atom is -0.310 e. The minimum absolute atomic E-state index is 0.454. The van der Waals surface area contributed by atoms with Crippen LogP contribution < -0.4 is 5.32 Å². The van der Waals surface area contributed by atoms with E-state index < -0.39 is 0 Å². The van der Waals surface area contributed by atoms with E-state index in [0.717, 1.165) is 18.0 Å². The van der Waals surface area contributed by atoms with Crippen molar-refractivity contribution in [2.45, 2.75) is 23.8 Å². The van der Waals surface area contributed by atoms with Gasteiger partial charge in [-0.2, -0.15) is 0 Å². The molecule has 0 amide bonds. The Morgan fingerprint density at radius 2 is 2.44 bits per heavy atom. The molecule has 1 heterocycles. The molecule has 86 valence electrons. The fourth-order valence-electron chi connectivity index (χ4n) is 1.94. The van der Waals surface area contributed by atoms with E-state index in [0.29, 0.717) is 6.04 Å². The van der Waals surface area contributed by atoms with Gasteiger partial charge < -0.3 is 5.32 Å². The zero-order valence-corrected chi connectivity index (χ0v) is 10.8. The maximum Gasteiger partial charge on any atom is 0.0410 e. The summed E-state index contributed by atoms with van der Waals surface area (Å²) >= 11 is 7.97. The number of fused-ring (bicyclic) bond motifs is 1. The summed E-state index contributed by atoms with van der Waals surface area (Å²) in [5.74, 6) is 1.18.